The van der Waals surface area contributed by atoms with E-state index in [1.54, 1.807) is 0 Å². The highest BCUT2D eigenvalue weighted by Gasteiger charge is 2.08. The van der Waals surface area contributed by atoms with E-state index >= 15 is 0 Å². The topological polar surface area (TPSA) is 29.1 Å². The van der Waals surface area contributed by atoms with Crippen molar-refractivity contribution in [3.63, 3.8) is 0 Å². The van der Waals surface area contributed by atoms with Crippen molar-refractivity contribution in [2.24, 2.45) is 0 Å². The Morgan fingerprint density at radius 3 is 2.25 bits per heavy atom. The van der Waals surface area contributed by atoms with Crippen molar-refractivity contribution >= 4 is 29.1 Å². The van der Waals surface area contributed by atoms with E-state index < -0.39 is 17.5 Å². The molecule has 1 N–H and O–H groups in total. The van der Waals surface area contributed by atoms with Crippen LogP contribution in [0.15, 0.2) is 36.4 Å². The van der Waals surface area contributed by atoms with Gasteiger partial charge in [0.05, 0.1) is 10.0 Å². The normalized spacial score (nSPS) is 10.4. The van der Waals surface area contributed by atoms with Crippen molar-refractivity contribution in [3.05, 3.63) is 69.2 Å². The maximum atomic E-state index is 13.0. The number of carbonyl (C=O) groups excluding carboxylic acids is 1. The zero-order valence-electron chi connectivity index (χ0n) is 10.1. The van der Waals surface area contributed by atoms with Crippen LogP contribution in [0.5, 0.6) is 0 Å². The molecule has 0 fully saturated rings. The number of halogens is 4. The molecule has 0 aliphatic rings. The van der Waals surface area contributed by atoms with Crippen LogP contribution in [0.3, 0.4) is 0 Å². The van der Waals surface area contributed by atoms with Crippen LogP contribution < -0.4 is 5.32 Å². The highest BCUT2D eigenvalue weighted by atomic mass is 35.5. The van der Waals surface area contributed by atoms with Gasteiger partial charge in [-0.1, -0.05) is 23.2 Å². The number of hydrogen-bond donors (Lipinski definition) is 1. The summed E-state index contributed by atoms with van der Waals surface area (Å²) >= 11 is 11.6. The first-order valence-corrected chi connectivity index (χ1v) is 6.39. The minimum atomic E-state index is -0.691. The zero-order valence-corrected chi connectivity index (χ0v) is 11.6. The Morgan fingerprint density at radius 1 is 1.00 bits per heavy atom. The van der Waals surface area contributed by atoms with Crippen molar-refractivity contribution in [2.45, 2.75) is 6.54 Å². The number of carbonyl (C=O) groups is 1. The molecule has 1 amide bonds. The lowest BCUT2D eigenvalue weighted by Gasteiger charge is -2.07. The van der Waals surface area contributed by atoms with E-state index in [2.05, 4.69) is 5.32 Å². The predicted molar refractivity (Wildman–Crippen MR) is 74.0 cm³/mol. The molecule has 0 aliphatic carbocycles. The summed E-state index contributed by atoms with van der Waals surface area (Å²) in [5.74, 6) is -1.79. The van der Waals surface area contributed by atoms with Gasteiger partial charge in [-0.05, 0) is 35.9 Å². The van der Waals surface area contributed by atoms with Gasteiger partial charge in [-0.15, -0.1) is 0 Å². The third-order valence-electron chi connectivity index (χ3n) is 2.56. The average molecular weight is 316 g/mol. The molecule has 104 valence electrons. The first kappa shape index (κ1) is 14.8. The summed E-state index contributed by atoms with van der Waals surface area (Å²) in [6, 6.07) is 7.50. The maximum Gasteiger partial charge on any atom is 0.251 e. The van der Waals surface area contributed by atoms with Crippen LogP contribution in [-0.2, 0) is 6.54 Å². The first-order valence-electron chi connectivity index (χ1n) is 5.64. The van der Waals surface area contributed by atoms with E-state index in [0.29, 0.717) is 16.1 Å². The van der Waals surface area contributed by atoms with Gasteiger partial charge in [-0.3, -0.25) is 4.79 Å². The lowest BCUT2D eigenvalue weighted by molar-refractivity contribution is 0.0951. The Labute approximate surface area is 124 Å². The zero-order chi connectivity index (χ0) is 14.7. The molecule has 2 rings (SSSR count). The van der Waals surface area contributed by atoms with Gasteiger partial charge in [0.15, 0.2) is 0 Å². The summed E-state index contributed by atoms with van der Waals surface area (Å²) in [4.78, 5) is 11.9. The van der Waals surface area contributed by atoms with Gasteiger partial charge in [0, 0.05) is 18.2 Å². The van der Waals surface area contributed by atoms with Crippen LogP contribution in [0.1, 0.15) is 15.9 Å². The van der Waals surface area contributed by atoms with Crippen LogP contribution in [0, 0.1) is 11.6 Å². The quantitative estimate of drug-likeness (QED) is 0.903. The fraction of sp³-hybridized carbons (Fsp3) is 0.0714. The Bertz CT molecular complexity index is 641. The van der Waals surface area contributed by atoms with Gasteiger partial charge in [0.25, 0.3) is 5.91 Å². The van der Waals surface area contributed by atoms with Crippen LogP contribution in [0.2, 0.25) is 10.0 Å². The molecule has 2 nitrogen and oxygen atoms in total. The fourth-order valence-corrected chi connectivity index (χ4v) is 1.93. The smallest absolute Gasteiger partial charge is 0.251 e. The van der Waals surface area contributed by atoms with Crippen molar-refractivity contribution in [2.75, 3.05) is 0 Å². The largest absolute Gasteiger partial charge is 0.348 e. The SMILES string of the molecule is O=C(NCc1cc(F)cc(F)c1)c1ccc(Cl)c(Cl)c1. The summed E-state index contributed by atoms with van der Waals surface area (Å²) in [6.45, 7) is 0.00770. The van der Waals surface area contributed by atoms with E-state index in [1.165, 1.54) is 18.2 Å². The number of benzene rings is 2. The Hall–Kier alpha value is -1.65. The van der Waals surface area contributed by atoms with Crippen LogP contribution >= 0.6 is 23.2 Å². The second-order valence-corrected chi connectivity index (χ2v) is 4.90. The van der Waals surface area contributed by atoms with Gasteiger partial charge < -0.3 is 5.32 Å². The highest BCUT2D eigenvalue weighted by molar-refractivity contribution is 6.42. The fourth-order valence-electron chi connectivity index (χ4n) is 1.63. The summed E-state index contributed by atoms with van der Waals surface area (Å²) in [7, 11) is 0. The van der Waals surface area contributed by atoms with Crippen LogP contribution in [0.25, 0.3) is 0 Å². The van der Waals surface area contributed by atoms with Gasteiger partial charge >= 0.3 is 0 Å². The molecule has 0 atom stereocenters. The van der Waals surface area contributed by atoms with Crippen molar-refractivity contribution in [3.8, 4) is 0 Å². The highest BCUT2D eigenvalue weighted by Crippen LogP contribution is 2.22. The molecule has 0 saturated heterocycles. The number of hydrogen-bond acceptors (Lipinski definition) is 1. The molecule has 0 spiro atoms. The third-order valence-corrected chi connectivity index (χ3v) is 3.30. The molecule has 0 heterocycles. The van der Waals surface area contributed by atoms with E-state index in [0.717, 1.165) is 18.2 Å². The average Bonchev–Trinajstić information content (AvgIpc) is 2.38. The number of nitrogens with one attached hydrogen (secondary N) is 1. The molecular weight excluding hydrogens is 307 g/mol. The molecule has 6 heteroatoms. The Balaban J connectivity index is 2.06. The van der Waals surface area contributed by atoms with Crippen molar-refractivity contribution in [1.29, 1.82) is 0 Å². The molecule has 2 aromatic rings. The molecule has 2 aromatic carbocycles. The lowest BCUT2D eigenvalue weighted by Crippen LogP contribution is -2.22. The first-order chi connectivity index (χ1) is 9.45. The molecule has 0 aliphatic heterocycles. The summed E-state index contributed by atoms with van der Waals surface area (Å²) in [6.07, 6.45) is 0. The minimum Gasteiger partial charge on any atom is -0.348 e. The summed E-state index contributed by atoms with van der Waals surface area (Å²) in [5, 5.41) is 3.15. The Kier molecular flexibility index (Phi) is 4.57. The van der Waals surface area contributed by atoms with Crippen LogP contribution in [-0.4, -0.2) is 5.91 Å². The second kappa shape index (κ2) is 6.20. The molecule has 20 heavy (non-hydrogen) atoms. The summed E-state index contributed by atoms with van der Waals surface area (Å²) in [5.41, 5.74) is 0.646. The van der Waals surface area contributed by atoms with Gasteiger partial charge in [0.1, 0.15) is 11.6 Å². The van der Waals surface area contributed by atoms with Gasteiger partial charge in [-0.2, -0.15) is 0 Å². The monoisotopic (exact) mass is 315 g/mol. The molecule has 0 radical (unpaired) electrons. The van der Waals surface area contributed by atoms with Gasteiger partial charge in [-0.25, -0.2) is 8.78 Å². The third kappa shape index (κ3) is 3.68. The second-order valence-electron chi connectivity index (χ2n) is 4.09. The van der Waals surface area contributed by atoms with E-state index in [1.807, 2.05) is 0 Å². The molecule has 0 aromatic heterocycles. The van der Waals surface area contributed by atoms with Crippen LogP contribution in [0.4, 0.5) is 8.78 Å². The number of amides is 1. The van der Waals surface area contributed by atoms with E-state index in [4.69, 9.17) is 23.2 Å². The maximum absolute atomic E-state index is 13.0. The summed E-state index contributed by atoms with van der Waals surface area (Å²) < 4.78 is 26.0. The minimum absolute atomic E-state index is 0.00770. The molecular formula is C14H9Cl2F2NO. The molecule has 0 unspecified atom stereocenters. The Morgan fingerprint density at radius 2 is 1.65 bits per heavy atom. The van der Waals surface area contributed by atoms with Crippen molar-refractivity contribution in [1.82, 2.24) is 5.32 Å². The standard InChI is InChI=1S/C14H9Cl2F2NO/c15-12-2-1-9(5-13(12)16)14(20)19-7-8-3-10(17)6-11(18)4-8/h1-6H,7H2,(H,19,20). The molecule has 0 bridgehead atoms. The number of rotatable bonds is 3. The van der Waals surface area contributed by atoms with E-state index in [9.17, 15) is 13.6 Å². The van der Waals surface area contributed by atoms with Gasteiger partial charge in [0.2, 0.25) is 0 Å². The lowest BCUT2D eigenvalue weighted by atomic mass is 10.2. The predicted octanol–water partition coefficient (Wildman–Crippen LogP) is 4.20. The van der Waals surface area contributed by atoms with Crippen molar-refractivity contribution < 1.29 is 13.6 Å². The van der Waals surface area contributed by atoms with E-state index in [-0.39, 0.29) is 11.6 Å². The molecule has 0 saturated carbocycles.